The summed E-state index contributed by atoms with van der Waals surface area (Å²) in [5, 5.41) is 3.51. The molecule has 1 saturated carbocycles. The van der Waals surface area contributed by atoms with Crippen LogP contribution in [0.4, 0.5) is 0 Å². The van der Waals surface area contributed by atoms with E-state index < -0.39 is 0 Å². The molecule has 3 aliphatic rings. The molecule has 3 atom stereocenters. The molecule has 0 radical (unpaired) electrons. The van der Waals surface area contributed by atoms with Gasteiger partial charge in [-0.25, -0.2) is 0 Å². The lowest BCUT2D eigenvalue weighted by Gasteiger charge is -2.24. The van der Waals surface area contributed by atoms with Crippen LogP contribution in [-0.4, -0.2) is 50.3 Å². The first-order chi connectivity index (χ1) is 10.2. The van der Waals surface area contributed by atoms with Crippen molar-refractivity contribution in [2.45, 2.75) is 46.0 Å². The number of nitrogens with zero attached hydrogens (tertiary/aromatic N) is 2. The number of nitrogens with one attached hydrogen (secondary N) is 1. The zero-order chi connectivity index (χ0) is 14.7. The van der Waals surface area contributed by atoms with Crippen molar-refractivity contribution in [2.75, 3.05) is 39.4 Å². The molecule has 3 rings (SSSR count). The first-order valence-electron chi connectivity index (χ1n) is 8.81. The Morgan fingerprint density at radius 1 is 1.29 bits per heavy atom. The van der Waals surface area contributed by atoms with Crippen LogP contribution >= 0.6 is 0 Å². The van der Waals surface area contributed by atoms with Crippen molar-refractivity contribution in [3.8, 4) is 0 Å². The highest BCUT2D eigenvalue weighted by Crippen LogP contribution is 2.36. The monoisotopic (exact) mass is 293 g/mol. The molecule has 4 heteroatoms. The van der Waals surface area contributed by atoms with Gasteiger partial charge in [0.2, 0.25) is 0 Å². The van der Waals surface area contributed by atoms with Crippen molar-refractivity contribution in [3.63, 3.8) is 0 Å². The molecule has 0 aromatic heterocycles. The molecule has 2 heterocycles. The number of hydrogen-bond donors (Lipinski definition) is 1. The second-order valence-corrected chi connectivity index (χ2v) is 7.49. The smallest absolute Gasteiger partial charge is 0.193 e. The van der Waals surface area contributed by atoms with Gasteiger partial charge in [-0.1, -0.05) is 19.8 Å². The van der Waals surface area contributed by atoms with Crippen LogP contribution in [0.25, 0.3) is 0 Å². The van der Waals surface area contributed by atoms with Gasteiger partial charge in [0.1, 0.15) is 0 Å². The van der Waals surface area contributed by atoms with Gasteiger partial charge in [0.05, 0.1) is 13.2 Å². The largest absolute Gasteiger partial charge is 0.381 e. The number of aliphatic imine (C=N–C) groups is 1. The molecule has 2 aliphatic heterocycles. The Bertz CT molecular complexity index is 362. The van der Waals surface area contributed by atoms with Gasteiger partial charge in [-0.15, -0.1) is 0 Å². The fourth-order valence-corrected chi connectivity index (χ4v) is 4.10. The lowest BCUT2D eigenvalue weighted by atomic mass is 9.82. The number of likely N-dealkylation sites (tertiary alicyclic amines) is 1. The molecule has 0 aromatic carbocycles. The minimum absolute atomic E-state index is 0.243. The molecule has 0 aromatic rings. The number of ether oxygens (including phenoxy) is 1. The number of rotatable bonds is 3. The highest BCUT2D eigenvalue weighted by atomic mass is 16.5. The van der Waals surface area contributed by atoms with Crippen molar-refractivity contribution in [3.05, 3.63) is 0 Å². The molecule has 4 nitrogen and oxygen atoms in total. The Labute approximate surface area is 129 Å². The normalized spacial score (nSPS) is 36.9. The highest BCUT2D eigenvalue weighted by molar-refractivity contribution is 5.80. The van der Waals surface area contributed by atoms with Crippen LogP contribution in [0.1, 0.15) is 46.0 Å². The van der Waals surface area contributed by atoms with Gasteiger partial charge in [-0.2, -0.15) is 0 Å². The third-order valence-corrected chi connectivity index (χ3v) is 5.52. The van der Waals surface area contributed by atoms with Crippen LogP contribution in [0.3, 0.4) is 0 Å². The molecule has 3 fully saturated rings. The van der Waals surface area contributed by atoms with Gasteiger partial charge in [-0.05, 0) is 38.0 Å². The first-order valence-corrected chi connectivity index (χ1v) is 8.81. The lowest BCUT2D eigenvalue weighted by Crippen LogP contribution is -2.41. The standard InChI is InChI=1S/C17H31N3O/c1-3-18-16(19-12-17(2)8-9-21-13-17)20-10-14-6-4-5-7-15(14)11-20/h14-15H,3-13H2,1-2H3,(H,18,19). The molecule has 21 heavy (non-hydrogen) atoms. The predicted octanol–water partition coefficient (Wildman–Crippen LogP) is 2.50. The second-order valence-electron chi connectivity index (χ2n) is 7.49. The van der Waals surface area contributed by atoms with Crippen molar-refractivity contribution < 1.29 is 4.74 Å². The van der Waals surface area contributed by atoms with Crippen LogP contribution < -0.4 is 5.32 Å². The van der Waals surface area contributed by atoms with Gasteiger partial charge >= 0.3 is 0 Å². The maximum absolute atomic E-state index is 5.55. The number of fused-ring (bicyclic) bond motifs is 1. The molecule has 3 unspecified atom stereocenters. The van der Waals surface area contributed by atoms with E-state index in [9.17, 15) is 0 Å². The molecule has 1 aliphatic carbocycles. The van der Waals surface area contributed by atoms with E-state index in [1.54, 1.807) is 0 Å². The summed E-state index contributed by atoms with van der Waals surface area (Å²) in [5.41, 5.74) is 0.243. The average molecular weight is 293 g/mol. The van der Waals surface area contributed by atoms with Gasteiger partial charge < -0.3 is 15.0 Å². The van der Waals surface area contributed by atoms with E-state index in [-0.39, 0.29) is 5.41 Å². The topological polar surface area (TPSA) is 36.9 Å². The predicted molar refractivity (Wildman–Crippen MR) is 86.5 cm³/mol. The SMILES string of the molecule is CCNC(=NCC1(C)CCOC1)N1CC2CCCCC2C1. The molecule has 0 bridgehead atoms. The zero-order valence-electron chi connectivity index (χ0n) is 13.7. The molecule has 0 spiro atoms. The summed E-state index contributed by atoms with van der Waals surface area (Å²) in [6.07, 6.45) is 6.84. The Balaban J connectivity index is 1.63. The van der Waals surface area contributed by atoms with Crippen LogP contribution in [-0.2, 0) is 4.74 Å². The lowest BCUT2D eigenvalue weighted by molar-refractivity contribution is 0.162. The summed E-state index contributed by atoms with van der Waals surface area (Å²) in [4.78, 5) is 7.48. The fourth-order valence-electron chi connectivity index (χ4n) is 4.10. The maximum atomic E-state index is 5.55. The summed E-state index contributed by atoms with van der Waals surface area (Å²) in [6.45, 7) is 10.5. The van der Waals surface area contributed by atoms with Crippen LogP contribution in [0.2, 0.25) is 0 Å². The van der Waals surface area contributed by atoms with Crippen molar-refractivity contribution >= 4 is 5.96 Å². The van der Waals surface area contributed by atoms with Crippen LogP contribution in [0.15, 0.2) is 4.99 Å². The minimum Gasteiger partial charge on any atom is -0.381 e. The first kappa shape index (κ1) is 15.1. The van der Waals surface area contributed by atoms with E-state index in [1.807, 2.05) is 0 Å². The van der Waals surface area contributed by atoms with Crippen LogP contribution in [0.5, 0.6) is 0 Å². The average Bonchev–Trinajstić information content (AvgIpc) is 3.10. The molecule has 0 amide bonds. The Hall–Kier alpha value is -0.770. The summed E-state index contributed by atoms with van der Waals surface area (Å²) in [7, 11) is 0. The Morgan fingerprint density at radius 2 is 2.00 bits per heavy atom. The van der Waals surface area contributed by atoms with Crippen molar-refractivity contribution in [2.24, 2.45) is 22.2 Å². The summed E-state index contributed by atoms with van der Waals surface area (Å²) in [6, 6.07) is 0. The summed E-state index contributed by atoms with van der Waals surface area (Å²) >= 11 is 0. The second kappa shape index (κ2) is 6.55. The van der Waals surface area contributed by atoms with Gasteiger partial charge in [0.15, 0.2) is 5.96 Å². The number of hydrogen-bond acceptors (Lipinski definition) is 2. The molecular weight excluding hydrogens is 262 g/mol. The third kappa shape index (κ3) is 3.53. The van der Waals surface area contributed by atoms with E-state index in [4.69, 9.17) is 9.73 Å². The summed E-state index contributed by atoms with van der Waals surface area (Å²) in [5.74, 6) is 2.96. The molecule has 1 N–H and O–H groups in total. The fraction of sp³-hybridized carbons (Fsp3) is 0.941. The minimum atomic E-state index is 0.243. The Morgan fingerprint density at radius 3 is 2.57 bits per heavy atom. The number of guanidine groups is 1. The van der Waals surface area contributed by atoms with E-state index in [2.05, 4.69) is 24.1 Å². The highest BCUT2D eigenvalue weighted by Gasteiger charge is 2.36. The van der Waals surface area contributed by atoms with Crippen molar-refractivity contribution in [1.82, 2.24) is 10.2 Å². The van der Waals surface area contributed by atoms with Crippen molar-refractivity contribution in [1.29, 1.82) is 0 Å². The van der Waals surface area contributed by atoms with Gasteiger partial charge in [0.25, 0.3) is 0 Å². The molecular formula is C17H31N3O. The Kier molecular flexibility index (Phi) is 4.72. The summed E-state index contributed by atoms with van der Waals surface area (Å²) < 4.78 is 5.55. The van der Waals surface area contributed by atoms with E-state index in [0.29, 0.717) is 0 Å². The molecule has 120 valence electrons. The maximum Gasteiger partial charge on any atom is 0.193 e. The zero-order valence-corrected chi connectivity index (χ0v) is 13.7. The molecule has 2 saturated heterocycles. The van der Waals surface area contributed by atoms with E-state index >= 15 is 0 Å². The van der Waals surface area contributed by atoms with Gasteiger partial charge in [-0.3, -0.25) is 4.99 Å². The van der Waals surface area contributed by atoms with E-state index in [1.165, 1.54) is 38.8 Å². The van der Waals surface area contributed by atoms with Crippen LogP contribution in [0, 0.1) is 17.3 Å². The third-order valence-electron chi connectivity index (χ3n) is 5.52. The quantitative estimate of drug-likeness (QED) is 0.641. The van der Waals surface area contributed by atoms with E-state index in [0.717, 1.165) is 50.5 Å². The van der Waals surface area contributed by atoms with Gasteiger partial charge in [0, 0.05) is 31.7 Å².